The second-order valence-corrected chi connectivity index (χ2v) is 6.22. The number of benzene rings is 2. The highest BCUT2D eigenvalue weighted by atomic mass is 16.5. The van der Waals surface area contributed by atoms with Crippen molar-refractivity contribution in [2.75, 3.05) is 19.0 Å². The summed E-state index contributed by atoms with van der Waals surface area (Å²) in [6, 6.07) is 17.7. The lowest BCUT2D eigenvalue weighted by Crippen LogP contribution is -2.23. The number of hydrogen-bond acceptors (Lipinski definition) is 5. The largest absolute Gasteiger partial charge is 0.378 e. The van der Waals surface area contributed by atoms with Gasteiger partial charge in [0.05, 0.1) is 0 Å². The van der Waals surface area contributed by atoms with E-state index in [1.165, 1.54) is 0 Å². The Bertz CT molecular complexity index is 842. The Morgan fingerprint density at radius 1 is 1.08 bits per heavy atom. The molecule has 0 fully saturated rings. The van der Waals surface area contributed by atoms with Gasteiger partial charge in [-0.2, -0.15) is 4.98 Å². The van der Waals surface area contributed by atoms with Crippen LogP contribution in [0.4, 0.5) is 5.69 Å². The zero-order chi connectivity index (χ0) is 18.4. The van der Waals surface area contributed by atoms with Crippen LogP contribution in [-0.2, 0) is 17.8 Å². The van der Waals surface area contributed by atoms with Gasteiger partial charge in [-0.15, -0.1) is 0 Å². The van der Waals surface area contributed by atoms with Crippen LogP contribution in [0.2, 0.25) is 0 Å². The first kappa shape index (κ1) is 17.7. The monoisotopic (exact) mass is 350 g/mol. The van der Waals surface area contributed by atoms with Crippen molar-refractivity contribution in [3.63, 3.8) is 0 Å². The zero-order valence-corrected chi connectivity index (χ0v) is 15.0. The van der Waals surface area contributed by atoms with Crippen LogP contribution in [0.1, 0.15) is 17.9 Å². The van der Waals surface area contributed by atoms with E-state index < -0.39 is 0 Å². The molecule has 1 heterocycles. The lowest BCUT2D eigenvalue weighted by molar-refractivity contribution is -0.121. The quantitative estimate of drug-likeness (QED) is 0.709. The van der Waals surface area contributed by atoms with Gasteiger partial charge in [-0.05, 0) is 17.7 Å². The highest BCUT2D eigenvalue weighted by Gasteiger charge is 2.10. The van der Waals surface area contributed by atoms with Crippen molar-refractivity contribution < 1.29 is 9.32 Å². The Morgan fingerprint density at radius 2 is 1.81 bits per heavy atom. The van der Waals surface area contributed by atoms with Crippen molar-refractivity contribution in [3.8, 4) is 11.4 Å². The first-order valence-electron chi connectivity index (χ1n) is 8.53. The second-order valence-electron chi connectivity index (χ2n) is 6.22. The normalized spacial score (nSPS) is 10.5. The van der Waals surface area contributed by atoms with E-state index in [1.807, 2.05) is 73.6 Å². The van der Waals surface area contributed by atoms with Gasteiger partial charge in [0.15, 0.2) is 0 Å². The van der Waals surface area contributed by atoms with Crippen molar-refractivity contribution >= 4 is 11.6 Å². The molecular weight excluding hydrogens is 328 g/mol. The van der Waals surface area contributed by atoms with Gasteiger partial charge >= 0.3 is 0 Å². The number of nitrogens with one attached hydrogen (secondary N) is 1. The molecule has 2 aromatic carbocycles. The predicted octanol–water partition coefficient (Wildman–Crippen LogP) is 3.05. The van der Waals surface area contributed by atoms with Gasteiger partial charge in [0.25, 0.3) is 0 Å². The van der Waals surface area contributed by atoms with Gasteiger partial charge in [-0.1, -0.05) is 47.6 Å². The van der Waals surface area contributed by atoms with Crippen LogP contribution in [0.5, 0.6) is 0 Å². The number of carbonyl (C=O) groups excluding carboxylic acids is 1. The lowest BCUT2D eigenvalue weighted by atomic mass is 10.2. The van der Waals surface area contributed by atoms with Gasteiger partial charge in [0.2, 0.25) is 17.6 Å². The molecule has 0 bridgehead atoms. The number of rotatable bonds is 7. The summed E-state index contributed by atoms with van der Waals surface area (Å²) >= 11 is 0. The van der Waals surface area contributed by atoms with Crippen molar-refractivity contribution in [2.24, 2.45) is 0 Å². The van der Waals surface area contributed by atoms with Crippen LogP contribution in [0, 0.1) is 0 Å². The maximum absolute atomic E-state index is 12.0. The maximum Gasteiger partial charge on any atom is 0.227 e. The molecule has 134 valence electrons. The standard InChI is InChI=1S/C20H22N4O2/c1-24(2)17-10-8-15(9-11-17)14-21-18(25)12-13-19-22-20(23-26-19)16-6-4-3-5-7-16/h3-11H,12-14H2,1-2H3,(H,21,25). The highest BCUT2D eigenvalue weighted by Crippen LogP contribution is 2.15. The molecule has 0 spiro atoms. The van der Waals surface area contributed by atoms with Crippen molar-refractivity contribution in [1.29, 1.82) is 0 Å². The molecule has 0 aliphatic carbocycles. The average molecular weight is 350 g/mol. The molecule has 0 atom stereocenters. The number of amides is 1. The molecule has 26 heavy (non-hydrogen) atoms. The van der Waals surface area contributed by atoms with Gasteiger partial charge in [0, 0.05) is 44.7 Å². The number of aryl methyl sites for hydroxylation is 1. The minimum absolute atomic E-state index is 0.0406. The van der Waals surface area contributed by atoms with Gasteiger partial charge in [-0.3, -0.25) is 4.79 Å². The first-order chi connectivity index (χ1) is 12.6. The molecule has 3 aromatic rings. The Hall–Kier alpha value is -3.15. The van der Waals surface area contributed by atoms with Crippen LogP contribution in [0.15, 0.2) is 59.1 Å². The fourth-order valence-electron chi connectivity index (χ4n) is 2.48. The fraction of sp³-hybridized carbons (Fsp3) is 0.250. The van der Waals surface area contributed by atoms with Crippen molar-refractivity contribution in [2.45, 2.75) is 19.4 Å². The summed E-state index contributed by atoms with van der Waals surface area (Å²) < 4.78 is 5.22. The van der Waals surface area contributed by atoms with E-state index in [0.717, 1.165) is 16.8 Å². The predicted molar refractivity (Wildman–Crippen MR) is 101 cm³/mol. The number of aromatic nitrogens is 2. The van der Waals surface area contributed by atoms with E-state index in [9.17, 15) is 4.79 Å². The minimum Gasteiger partial charge on any atom is -0.378 e. The fourth-order valence-corrected chi connectivity index (χ4v) is 2.48. The Balaban J connectivity index is 1.46. The van der Waals surface area contributed by atoms with Crippen molar-refractivity contribution in [1.82, 2.24) is 15.5 Å². The molecule has 0 saturated heterocycles. The van der Waals surface area contributed by atoms with E-state index in [0.29, 0.717) is 31.1 Å². The first-order valence-corrected chi connectivity index (χ1v) is 8.53. The van der Waals surface area contributed by atoms with Crippen LogP contribution in [-0.4, -0.2) is 30.1 Å². The van der Waals surface area contributed by atoms with Crippen LogP contribution < -0.4 is 10.2 Å². The topological polar surface area (TPSA) is 71.3 Å². The van der Waals surface area contributed by atoms with E-state index in [-0.39, 0.29) is 5.91 Å². The number of anilines is 1. The van der Waals surface area contributed by atoms with Gasteiger partial charge in [0.1, 0.15) is 0 Å². The number of carbonyl (C=O) groups is 1. The third-order valence-corrected chi connectivity index (χ3v) is 4.01. The van der Waals surface area contributed by atoms with E-state index in [2.05, 4.69) is 15.5 Å². The molecule has 0 radical (unpaired) electrons. The summed E-state index contributed by atoms with van der Waals surface area (Å²) in [5.41, 5.74) is 3.09. The smallest absolute Gasteiger partial charge is 0.227 e. The van der Waals surface area contributed by atoms with E-state index in [4.69, 9.17) is 4.52 Å². The third kappa shape index (κ3) is 4.69. The summed E-state index contributed by atoms with van der Waals surface area (Å²) in [6.07, 6.45) is 0.734. The molecule has 6 nitrogen and oxygen atoms in total. The summed E-state index contributed by atoms with van der Waals surface area (Å²) in [7, 11) is 4.00. The molecule has 1 aromatic heterocycles. The molecule has 3 rings (SSSR count). The van der Waals surface area contributed by atoms with Gasteiger partial charge in [-0.25, -0.2) is 0 Å². The minimum atomic E-state index is -0.0406. The summed E-state index contributed by atoms with van der Waals surface area (Å²) in [4.78, 5) is 18.4. The summed E-state index contributed by atoms with van der Waals surface area (Å²) in [5, 5.41) is 6.87. The Morgan fingerprint density at radius 3 is 2.50 bits per heavy atom. The molecular formula is C20H22N4O2. The SMILES string of the molecule is CN(C)c1ccc(CNC(=O)CCc2nc(-c3ccccc3)no2)cc1. The second kappa shape index (κ2) is 8.29. The molecule has 0 aliphatic rings. The molecule has 0 unspecified atom stereocenters. The van der Waals surface area contributed by atoms with Crippen LogP contribution in [0.3, 0.4) is 0 Å². The molecule has 0 saturated carbocycles. The Kier molecular flexibility index (Phi) is 5.63. The molecule has 0 aliphatic heterocycles. The molecule has 1 amide bonds. The molecule has 6 heteroatoms. The maximum atomic E-state index is 12.0. The van der Waals surface area contributed by atoms with Crippen LogP contribution in [0.25, 0.3) is 11.4 Å². The summed E-state index contributed by atoms with van der Waals surface area (Å²) in [6.45, 7) is 0.506. The van der Waals surface area contributed by atoms with Crippen molar-refractivity contribution in [3.05, 3.63) is 66.1 Å². The van der Waals surface area contributed by atoms with E-state index in [1.54, 1.807) is 0 Å². The number of nitrogens with zero attached hydrogens (tertiary/aromatic N) is 3. The highest BCUT2D eigenvalue weighted by molar-refractivity contribution is 5.76. The van der Waals surface area contributed by atoms with Gasteiger partial charge < -0.3 is 14.7 Å². The lowest BCUT2D eigenvalue weighted by Gasteiger charge is -2.12. The number of hydrogen-bond donors (Lipinski definition) is 1. The Labute approximate surface area is 152 Å². The van der Waals surface area contributed by atoms with Crippen LogP contribution >= 0.6 is 0 Å². The summed E-state index contributed by atoms with van der Waals surface area (Å²) in [5.74, 6) is 0.970. The average Bonchev–Trinajstić information content (AvgIpc) is 3.15. The van der Waals surface area contributed by atoms with E-state index >= 15 is 0 Å². The molecule has 1 N–H and O–H groups in total. The zero-order valence-electron chi connectivity index (χ0n) is 15.0. The third-order valence-electron chi connectivity index (χ3n) is 4.01.